The SMILES string of the molecule is CCO[Si](C)(CCO[Si](C)(C)C(C)(C)C)OCC. The van der Waals surface area contributed by atoms with Crippen molar-refractivity contribution in [1.29, 1.82) is 0 Å². The fourth-order valence-corrected chi connectivity index (χ4v) is 4.82. The van der Waals surface area contributed by atoms with E-state index in [0.717, 1.165) is 25.9 Å². The van der Waals surface area contributed by atoms with E-state index < -0.39 is 16.9 Å². The minimum atomic E-state index is -2.01. The summed E-state index contributed by atoms with van der Waals surface area (Å²) >= 11 is 0. The second kappa shape index (κ2) is 7.19. The van der Waals surface area contributed by atoms with Crippen molar-refractivity contribution in [2.24, 2.45) is 0 Å². The topological polar surface area (TPSA) is 27.7 Å². The van der Waals surface area contributed by atoms with Gasteiger partial charge in [0.25, 0.3) is 0 Å². The van der Waals surface area contributed by atoms with Crippen LogP contribution in [-0.4, -0.2) is 36.7 Å². The van der Waals surface area contributed by atoms with Gasteiger partial charge in [-0.1, -0.05) is 20.8 Å². The van der Waals surface area contributed by atoms with Gasteiger partial charge in [0.1, 0.15) is 0 Å². The Hall–Kier alpha value is 0.314. The van der Waals surface area contributed by atoms with E-state index in [4.69, 9.17) is 13.3 Å². The molecule has 0 unspecified atom stereocenters. The van der Waals surface area contributed by atoms with Crippen LogP contribution >= 0.6 is 0 Å². The Morgan fingerprint density at radius 2 is 1.28 bits per heavy atom. The van der Waals surface area contributed by atoms with Gasteiger partial charge in [0, 0.05) is 25.9 Å². The summed E-state index contributed by atoms with van der Waals surface area (Å²) in [7, 11) is -3.65. The van der Waals surface area contributed by atoms with Crippen molar-refractivity contribution in [3.63, 3.8) is 0 Å². The Morgan fingerprint density at radius 1 is 0.833 bits per heavy atom. The third-order valence-electron chi connectivity index (χ3n) is 3.72. The molecule has 0 amide bonds. The maximum Gasteiger partial charge on any atom is 0.337 e. The lowest BCUT2D eigenvalue weighted by molar-refractivity contribution is 0.179. The van der Waals surface area contributed by atoms with Crippen LogP contribution in [0, 0.1) is 0 Å². The van der Waals surface area contributed by atoms with Crippen molar-refractivity contribution in [2.45, 2.75) is 65.3 Å². The average molecular weight is 293 g/mol. The van der Waals surface area contributed by atoms with E-state index in [-0.39, 0.29) is 5.04 Å². The van der Waals surface area contributed by atoms with Crippen LogP contribution in [0.1, 0.15) is 34.6 Å². The summed E-state index contributed by atoms with van der Waals surface area (Å²) < 4.78 is 17.8. The minimum absolute atomic E-state index is 0.266. The highest BCUT2D eigenvalue weighted by Crippen LogP contribution is 2.36. The fourth-order valence-electron chi connectivity index (χ4n) is 1.50. The summed E-state index contributed by atoms with van der Waals surface area (Å²) in [5, 5.41) is 0.266. The fraction of sp³-hybridized carbons (Fsp3) is 1.00. The van der Waals surface area contributed by atoms with Crippen molar-refractivity contribution in [3.8, 4) is 0 Å². The zero-order chi connectivity index (χ0) is 14.4. The first-order valence-corrected chi connectivity index (χ1v) is 12.4. The second-order valence-corrected chi connectivity index (χ2v) is 14.5. The minimum Gasteiger partial charge on any atom is -0.417 e. The Morgan fingerprint density at radius 3 is 1.61 bits per heavy atom. The van der Waals surface area contributed by atoms with E-state index in [1.54, 1.807) is 0 Å². The monoisotopic (exact) mass is 292 g/mol. The molecule has 0 aromatic carbocycles. The number of rotatable bonds is 8. The predicted octanol–water partition coefficient (Wildman–Crippen LogP) is 4.15. The number of hydrogen-bond acceptors (Lipinski definition) is 3. The summed E-state index contributed by atoms with van der Waals surface area (Å²) in [4.78, 5) is 0. The lowest BCUT2D eigenvalue weighted by atomic mass is 10.2. The Bertz CT molecular complexity index is 231. The maximum absolute atomic E-state index is 6.20. The van der Waals surface area contributed by atoms with E-state index in [2.05, 4.69) is 40.4 Å². The van der Waals surface area contributed by atoms with Gasteiger partial charge in [-0.3, -0.25) is 0 Å². The lowest BCUT2D eigenvalue weighted by Gasteiger charge is -2.37. The molecule has 0 heterocycles. The van der Waals surface area contributed by atoms with Crippen LogP contribution in [0.25, 0.3) is 0 Å². The standard InChI is InChI=1S/C13H32O3Si2/c1-9-14-18(8,15-10-2)12-11-16-17(6,7)13(3,4)5/h9-12H2,1-8H3. The van der Waals surface area contributed by atoms with E-state index in [1.165, 1.54) is 0 Å². The highest BCUT2D eigenvalue weighted by molar-refractivity contribution is 6.74. The summed E-state index contributed by atoms with van der Waals surface area (Å²) in [6.07, 6.45) is 0. The summed E-state index contributed by atoms with van der Waals surface area (Å²) in [6, 6.07) is 0.918. The van der Waals surface area contributed by atoms with Crippen LogP contribution < -0.4 is 0 Å². The molecule has 0 radical (unpaired) electrons. The first kappa shape index (κ1) is 18.3. The van der Waals surface area contributed by atoms with Gasteiger partial charge >= 0.3 is 8.56 Å². The van der Waals surface area contributed by atoms with Gasteiger partial charge in [-0.15, -0.1) is 0 Å². The van der Waals surface area contributed by atoms with Gasteiger partial charge in [0.2, 0.25) is 0 Å². The van der Waals surface area contributed by atoms with E-state index >= 15 is 0 Å². The zero-order valence-corrected chi connectivity index (χ0v) is 15.6. The molecule has 0 N–H and O–H groups in total. The molecule has 0 fully saturated rings. The van der Waals surface area contributed by atoms with Crippen LogP contribution in [0.5, 0.6) is 0 Å². The third-order valence-corrected chi connectivity index (χ3v) is 11.2. The molecular weight excluding hydrogens is 260 g/mol. The normalized spacial score (nSPS) is 14.0. The lowest BCUT2D eigenvalue weighted by Crippen LogP contribution is -2.44. The van der Waals surface area contributed by atoms with Gasteiger partial charge in [0.05, 0.1) is 0 Å². The molecule has 0 saturated carbocycles. The van der Waals surface area contributed by atoms with Crippen molar-refractivity contribution in [2.75, 3.05) is 19.8 Å². The van der Waals surface area contributed by atoms with Crippen LogP contribution in [0.4, 0.5) is 0 Å². The molecule has 0 aliphatic rings. The largest absolute Gasteiger partial charge is 0.417 e. The summed E-state index contributed by atoms with van der Waals surface area (Å²) in [5.41, 5.74) is 0. The molecule has 3 nitrogen and oxygen atoms in total. The molecule has 0 atom stereocenters. The Kier molecular flexibility index (Phi) is 7.32. The molecule has 0 spiro atoms. The molecule has 0 aliphatic heterocycles. The van der Waals surface area contributed by atoms with Crippen molar-refractivity contribution in [1.82, 2.24) is 0 Å². The van der Waals surface area contributed by atoms with E-state index in [0.29, 0.717) is 0 Å². The van der Waals surface area contributed by atoms with Crippen molar-refractivity contribution >= 4 is 16.9 Å². The highest BCUT2D eigenvalue weighted by atomic mass is 28.4. The molecule has 0 rings (SSSR count). The van der Waals surface area contributed by atoms with Gasteiger partial charge in [0.15, 0.2) is 8.32 Å². The molecule has 5 heteroatoms. The Labute approximate surface area is 116 Å². The zero-order valence-electron chi connectivity index (χ0n) is 13.6. The van der Waals surface area contributed by atoms with Crippen LogP contribution in [0.3, 0.4) is 0 Å². The molecule has 0 aliphatic carbocycles. The average Bonchev–Trinajstić information content (AvgIpc) is 2.15. The van der Waals surface area contributed by atoms with Crippen LogP contribution in [0.2, 0.25) is 30.7 Å². The molecule has 0 saturated heterocycles. The molecule has 110 valence electrons. The second-order valence-electron chi connectivity index (χ2n) is 6.36. The number of hydrogen-bond donors (Lipinski definition) is 0. The molecular formula is C13H32O3Si2. The molecule has 0 aromatic rings. The van der Waals surface area contributed by atoms with Gasteiger partial charge in [-0.05, 0) is 38.5 Å². The van der Waals surface area contributed by atoms with Gasteiger partial charge < -0.3 is 13.3 Å². The maximum atomic E-state index is 6.20. The quantitative estimate of drug-likeness (QED) is 0.629. The molecule has 0 aromatic heterocycles. The highest BCUT2D eigenvalue weighted by Gasteiger charge is 2.38. The third kappa shape index (κ3) is 5.97. The van der Waals surface area contributed by atoms with Crippen LogP contribution in [-0.2, 0) is 13.3 Å². The first-order valence-electron chi connectivity index (χ1n) is 7.00. The summed E-state index contributed by atoms with van der Waals surface area (Å²) in [5.74, 6) is 0. The van der Waals surface area contributed by atoms with Crippen molar-refractivity contribution in [3.05, 3.63) is 0 Å². The smallest absolute Gasteiger partial charge is 0.337 e. The molecule has 18 heavy (non-hydrogen) atoms. The summed E-state index contributed by atoms with van der Waals surface area (Å²) in [6.45, 7) is 19.8. The molecule has 0 bridgehead atoms. The predicted molar refractivity (Wildman–Crippen MR) is 82.8 cm³/mol. The first-order chi connectivity index (χ1) is 8.08. The van der Waals surface area contributed by atoms with E-state index in [9.17, 15) is 0 Å². The van der Waals surface area contributed by atoms with E-state index in [1.807, 2.05) is 13.8 Å². The van der Waals surface area contributed by atoms with Crippen LogP contribution in [0.15, 0.2) is 0 Å². The van der Waals surface area contributed by atoms with Gasteiger partial charge in [-0.2, -0.15) is 0 Å². The Balaban J connectivity index is 4.30. The van der Waals surface area contributed by atoms with Gasteiger partial charge in [-0.25, -0.2) is 0 Å². The van der Waals surface area contributed by atoms with Crippen molar-refractivity contribution < 1.29 is 13.3 Å².